The molecule has 0 aliphatic rings. The number of aromatic amines is 1. The first kappa shape index (κ1) is 18.6. The first-order chi connectivity index (χ1) is 14.1. The topological polar surface area (TPSA) is 59.2 Å². The third-order valence-corrected chi connectivity index (χ3v) is 4.55. The lowest BCUT2D eigenvalue weighted by Crippen LogP contribution is -2.17. The standard InChI is InChI=1S/C23H15F2NO3/c24-16-10-6-11-17(25)21(16)23(28)29-13-19(27)20-15-9-4-5-12-18(15)26-22(20)14-7-2-1-3-8-14/h1-12,26H,13H2. The van der Waals surface area contributed by atoms with Gasteiger partial charge in [0.15, 0.2) is 6.61 Å². The normalized spacial score (nSPS) is 10.8. The number of para-hydroxylation sites is 1. The molecule has 6 heteroatoms. The van der Waals surface area contributed by atoms with E-state index >= 15 is 0 Å². The maximum Gasteiger partial charge on any atom is 0.344 e. The molecule has 0 spiro atoms. The number of ketones is 1. The molecule has 1 N–H and O–H groups in total. The molecule has 144 valence electrons. The van der Waals surface area contributed by atoms with Gasteiger partial charge < -0.3 is 9.72 Å². The van der Waals surface area contributed by atoms with Gasteiger partial charge in [0.1, 0.15) is 17.2 Å². The average Bonchev–Trinajstić information content (AvgIpc) is 3.12. The Morgan fingerprint density at radius 2 is 1.45 bits per heavy atom. The van der Waals surface area contributed by atoms with Crippen LogP contribution in [0.4, 0.5) is 8.78 Å². The van der Waals surface area contributed by atoms with Crippen LogP contribution in [0.15, 0.2) is 72.8 Å². The van der Waals surface area contributed by atoms with Crippen molar-refractivity contribution >= 4 is 22.7 Å². The van der Waals surface area contributed by atoms with Crippen molar-refractivity contribution in [2.75, 3.05) is 6.61 Å². The molecular formula is C23H15F2NO3. The predicted octanol–water partition coefficient (Wildman–Crippen LogP) is 5.15. The molecule has 1 aromatic heterocycles. The van der Waals surface area contributed by atoms with Crippen LogP contribution in [0.25, 0.3) is 22.2 Å². The van der Waals surface area contributed by atoms with Crippen LogP contribution in [0.5, 0.6) is 0 Å². The minimum atomic E-state index is -1.23. The summed E-state index contributed by atoms with van der Waals surface area (Å²) < 4.78 is 32.5. The van der Waals surface area contributed by atoms with Crippen molar-refractivity contribution in [2.24, 2.45) is 0 Å². The van der Waals surface area contributed by atoms with Crippen LogP contribution in [0, 0.1) is 11.6 Å². The van der Waals surface area contributed by atoms with Crippen LogP contribution >= 0.6 is 0 Å². The van der Waals surface area contributed by atoms with E-state index in [1.165, 1.54) is 0 Å². The number of Topliss-reactive ketones (excluding diaryl/α,β-unsaturated/α-hetero) is 1. The summed E-state index contributed by atoms with van der Waals surface area (Å²) in [6.45, 7) is -0.645. The van der Waals surface area contributed by atoms with Crippen molar-refractivity contribution in [3.05, 3.63) is 95.6 Å². The van der Waals surface area contributed by atoms with Crippen molar-refractivity contribution in [3.8, 4) is 11.3 Å². The Labute approximate surface area is 164 Å². The smallest absolute Gasteiger partial charge is 0.344 e. The number of hydrogen-bond donors (Lipinski definition) is 1. The van der Waals surface area contributed by atoms with Crippen molar-refractivity contribution in [3.63, 3.8) is 0 Å². The maximum atomic E-state index is 13.8. The second-order valence-electron chi connectivity index (χ2n) is 6.38. The molecule has 0 aliphatic carbocycles. The number of ether oxygens (including phenoxy) is 1. The highest BCUT2D eigenvalue weighted by Gasteiger charge is 2.23. The summed E-state index contributed by atoms with van der Waals surface area (Å²) in [5.74, 6) is -3.79. The fourth-order valence-electron chi connectivity index (χ4n) is 3.22. The Balaban J connectivity index is 1.66. The molecule has 0 radical (unpaired) electrons. The van der Waals surface area contributed by atoms with E-state index in [1.54, 1.807) is 12.1 Å². The molecule has 4 aromatic rings. The maximum absolute atomic E-state index is 13.8. The molecule has 4 rings (SSSR count). The fourth-order valence-corrected chi connectivity index (χ4v) is 3.22. The first-order valence-electron chi connectivity index (χ1n) is 8.86. The van der Waals surface area contributed by atoms with Gasteiger partial charge in [-0.05, 0) is 23.8 Å². The second-order valence-corrected chi connectivity index (χ2v) is 6.38. The summed E-state index contributed by atoms with van der Waals surface area (Å²) in [7, 11) is 0. The summed E-state index contributed by atoms with van der Waals surface area (Å²) in [6.07, 6.45) is 0. The largest absolute Gasteiger partial charge is 0.454 e. The highest BCUT2D eigenvalue weighted by molar-refractivity contribution is 6.14. The van der Waals surface area contributed by atoms with Crippen molar-refractivity contribution in [1.82, 2.24) is 4.98 Å². The molecule has 4 nitrogen and oxygen atoms in total. The zero-order chi connectivity index (χ0) is 20.4. The van der Waals surface area contributed by atoms with E-state index in [4.69, 9.17) is 4.74 Å². The molecule has 0 atom stereocenters. The highest BCUT2D eigenvalue weighted by Crippen LogP contribution is 2.30. The number of fused-ring (bicyclic) bond motifs is 1. The molecule has 0 unspecified atom stereocenters. The molecule has 0 saturated heterocycles. The number of esters is 1. The summed E-state index contributed by atoms with van der Waals surface area (Å²) in [5.41, 5.74) is 1.67. The molecule has 1 heterocycles. The van der Waals surface area contributed by atoms with Gasteiger partial charge in [-0.25, -0.2) is 13.6 Å². The minimum absolute atomic E-state index is 0.355. The molecule has 0 fully saturated rings. The van der Waals surface area contributed by atoms with E-state index < -0.39 is 35.6 Å². The Morgan fingerprint density at radius 1 is 0.793 bits per heavy atom. The van der Waals surface area contributed by atoms with Crippen LogP contribution in [0.1, 0.15) is 20.7 Å². The van der Waals surface area contributed by atoms with Crippen LogP contribution in [0.2, 0.25) is 0 Å². The zero-order valence-electron chi connectivity index (χ0n) is 15.1. The monoisotopic (exact) mass is 391 g/mol. The molecule has 3 aromatic carbocycles. The Kier molecular flexibility index (Phi) is 4.91. The molecule has 29 heavy (non-hydrogen) atoms. The van der Waals surface area contributed by atoms with Crippen LogP contribution < -0.4 is 0 Å². The summed E-state index contributed by atoms with van der Waals surface area (Å²) in [4.78, 5) is 28.3. The van der Waals surface area contributed by atoms with Gasteiger partial charge in [0.25, 0.3) is 0 Å². The van der Waals surface area contributed by atoms with Crippen LogP contribution in [-0.2, 0) is 4.74 Å². The number of nitrogens with one attached hydrogen (secondary N) is 1. The molecule has 0 amide bonds. The number of hydrogen-bond acceptors (Lipinski definition) is 3. The van der Waals surface area contributed by atoms with Gasteiger partial charge in [0, 0.05) is 10.9 Å². The number of H-pyrrole nitrogens is 1. The van der Waals surface area contributed by atoms with Crippen LogP contribution in [0.3, 0.4) is 0 Å². The lowest BCUT2D eigenvalue weighted by molar-refractivity contribution is 0.0465. The predicted molar refractivity (Wildman–Crippen MR) is 105 cm³/mol. The van der Waals surface area contributed by atoms with Gasteiger partial charge in [0.05, 0.1) is 11.3 Å². The van der Waals surface area contributed by atoms with E-state index in [0.29, 0.717) is 16.6 Å². The molecule has 0 bridgehead atoms. The Bertz CT molecular complexity index is 1200. The summed E-state index contributed by atoms with van der Waals surface area (Å²) in [6, 6.07) is 19.5. The van der Waals surface area contributed by atoms with Gasteiger partial charge in [-0.1, -0.05) is 54.6 Å². The SMILES string of the molecule is O=C(OCC(=O)c1c(-c2ccccc2)[nH]c2ccccc12)c1c(F)cccc1F. The summed E-state index contributed by atoms with van der Waals surface area (Å²) in [5, 5.41) is 0.671. The Hall–Kier alpha value is -3.80. The Morgan fingerprint density at radius 3 is 2.17 bits per heavy atom. The average molecular weight is 391 g/mol. The lowest BCUT2D eigenvalue weighted by Gasteiger charge is -2.08. The van der Waals surface area contributed by atoms with Gasteiger partial charge >= 0.3 is 5.97 Å². The summed E-state index contributed by atoms with van der Waals surface area (Å²) >= 11 is 0. The highest BCUT2D eigenvalue weighted by atomic mass is 19.1. The number of aromatic nitrogens is 1. The molecular weight excluding hydrogens is 376 g/mol. The third kappa shape index (κ3) is 3.52. The number of carbonyl (C=O) groups excluding carboxylic acids is 2. The minimum Gasteiger partial charge on any atom is -0.454 e. The number of rotatable bonds is 5. The molecule has 0 saturated carbocycles. The zero-order valence-corrected chi connectivity index (χ0v) is 15.1. The number of benzene rings is 3. The van der Waals surface area contributed by atoms with E-state index in [1.807, 2.05) is 42.5 Å². The molecule has 0 aliphatic heterocycles. The first-order valence-corrected chi connectivity index (χ1v) is 8.86. The number of halogens is 2. The van der Waals surface area contributed by atoms with E-state index in [-0.39, 0.29) is 0 Å². The fraction of sp³-hybridized carbons (Fsp3) is 0.0435. The van der Waals surface area contributed by atoms with Gasteiger partial charge in [-0.3, -0.25) is 4.79 Å². The van der Waals surface area contributed by atoms with E-state index in [2.05, 4.69) is 4.98 Å². The van der Waals surface area contributed by atoms with E-state index in [0.717, 1.165) is 29.3 Å². The number of carbonyl (C=O) groups is 2. The van der Waals surface area contributed by atoms with Crippen molar-refractivity contribution < 1.29 is 23.1 Å². The lowest BCUT2D eigenvalue weighted by atomic mass is 10.0. The second kappa shape index (κ2) is 7.67. The quantitative estimate of drug-likeness (QED) is 0.378. The third-order valence-electron chi connectivity index (χ3n) is 4.55. The van der Waals surface area contributed by atoms with Crippen LogP contribution in [-0.4, -0.2) is 23.3 Å². The van der Waals surface area contributed by atoms with E-state index in [9.17, 15) is 18.4 Å². The van der Waals surface area contributed by atoms with Crippen molar-refractivity contribution in [2.45, 2.75) is 0 Å². The van der Waals surface area contributed by atoms with Crippen molar-refractivity contribution in [1.29, 1.82) is 0 Å². The van der Waals surface area contributed by atoms with Gasteiger partial charge in [0.2, 0.25) is 5.78 Å². The van der Waals surface area contributed by atoms with Gasteiger partial charge in [-0.15, -0.1) is 0 Å². The van der Waals surface area contributed by atoms with Gasteiger partial charge in [-0.2, -0.15) is 0 Å².